The summed E-state index contributed by atoms with van der Waals surface area (Å²) in [6.45, 7) is 7.92. The molecule has 0 amide bonds. The average molecular weight is 187 g/mol. The lowest BCUT2D eigenvalue weighted by molar-refractivity contribution is 0.139. The van der Waals surface area contributed by atoms with Crippen molar-refractivity contribution in [1.29, 1.82) is 0 Å². The van der Waals surface area contributed by atoms with E-state index in [4.69, 9.17) is 9.47 Å². The highest BCUT2D eigenvalue weighted by atomic mass is 16.5. The van der Waals surface area contributed by atoms with Gasteiger partial charge in [-0.15, -0.1) is 6.58 Å². The molecule has 0 rings (SSSR count). The molecule has 0 atom stereocenters. The quantitative estimate of drug-likeness (QED) is 0.412. The molecule has 13 heavy (non-hydrogen) atoms. The van der Waals surface area contributed by atoms with Gasteiger partial charge in [0.2, 0.25) is 0 Å². The van der Waals surface area contributed by atoms with Crippen molar-refractivity contribution in [3.05, 3.63) is 12.7 Å². The van der Waals surface area contributed by atoms with Crippen molar-refractivity contribution in [2.45, 2.75) is 12.8 Å². The Labute approximate surface area is 81.1 Å². The van der Waals surface area contributed by atoms with Gasteiger partial charge in [0.1, 0.15) is 0 Å². The van der Waals surface area contributed by atoms with E-state index in [9.17, 15) is 0 Å². The standard InChI is InChI=1S/C10H21NO2/c1-3-4-9-13-10-7-11-6-5-8-12-2/h3,11H,1,4-10H2,2H3. The van der Waals surface area contributed by atoms with Crippen molar-refractivity contribution < 1.29 is 9.47 Å². The Bertz CT molecular complexity index is 107. The number of hydrogen-bond donors (Lipinski definition) is 1. The summed E-state index contributed by atoms with van der Waals surface area (Å²) < 4.78 is 10.2. The van der Waals surface area contributed by atoms with Gasteiger partial charge >= 0.3 is 0 Å². The molecule has 3 heteroatoms. The van der Waals surface area contributed by atoms with Gasteiger partial charge in [-0.25, -0.2) is 0 Å². The minimum absolute atomic E-state index is 0.779. The van der Waals surface area contributed by atoms with Gasteiger partial charge in [-0.2, -0.15) is 0 Å². The topological polar surface area (TPSA) is 30.5 Å². The third kappa shape index (κ3) is 11.6. The third-order valence-electron chi connectivity index (χ3n) is 1.59. The van der Waals surface area contributed by atoms with Crippen LogP contribution in [0.1, 0.15) is 12.8 Å². The van der Waals surface area contributed by atoms with Gasteiger partial charge in [-0.05, 0) is 19.4 Å². The number of methoxy groups -OCH3 is 1. The van der Waals surface area contributed by atoms with Crippen LogP contribution in [0.3, 0.4) is 0 Å². The molecule has 3 nitrogen and oxygen atoms in total. The van der Waals surface area contributed by atoms with Gasteiger partial charge in [0, 0.05) is 20.3 Å². The lowest BCUT2D eigenvalue weighted by atomic mass is 10.4. The van der Waals surface area contributed by atoms with Crippen molar-refractivity contribution in [1.82, 2.24) is 5.32 Å². The van der Waals surface area contributed by atoms with E-state index in [-0.39, 0.29) is 0 Å². The molecule has 0 saturated carbocycles. The summed E-state index contributed by atoms with van der Waals surface area (Å²) in [7, 11) is 1.72. The molecule has 0 aliphatic carbocycles. The lowest BCUT2D eigenvalue weighted by Crippen LogP contribution is -2.21. The van der Waals surface area contributed by atoms with Gasteiger partial charge in [0.05, 0.1) is 13.2 Å². The van der Waals surface area contributed by atoms with E-state index < -0.39 is 0 Å². The zero-order valence-corrected chi connectivity index (χ0v) is 8.55. The maximum absolute atomic E-state index is 5.32. The highest BCUT2D eigenvalue weighted by Gasteiger charge is 1.88. The molecule has 0 radical (unpaired) electrons. The molecule has 0 heterocycles. The van der Waals surface area contributed by atoms with Crippen LogP contribution in [0.5, 0.6) is 0 Å². The molecule has 0 aliphatic rings. The summed E-state index contributed by atoms with van der Waals surface area (Å²) in [5, 5.41) is 3.27. The van der Waals surface area contributed by atoms with E-state index >= 15 is 0 Å². The second-order valence-corrected chi connectivity index (χ2v) is 2.79. The Morgan fingerprint density at radius 2 is 2.08 bits per heavy atom. The Morgan fingerprint density at radius 1 is 1.23 bits per heavy atom. The first-order chi connectivity index (χ1) is 6.41. The first kappa shape index (κ1) is 12.6. The molecule has 0 aromatic carbocycles. The summed E-state index contributed by atoms with van der Waals surface area (Å²) in [5.74, 6) is 0. The van der Waals surface area contributed by atoms with Crippen LogP contribution in [-0.2, 0) is 9.47 Å². The molecule has 78 valence electrons. The predicted molar refractivity (Wildman–Crippen MR) is 55.0 cm³/mol. The highest BCUT2D eigenvalue weighted by Crippen LogP contribution is 1.82. The van der Waals surface area contributed by atoms with Crippen molar-refractivity contribution >= 4 is 0 Å². The van der Waals surface area contributed by atoms with Gasteiger partial charge < -0.3 is 14.8 Å². The fourth-order valence-electron chi connectivity index (χ4n) is 0.880. The number of rotatable bonds is 10. The van der Waals surface area contributed by atoms with Gasteiger partial charge in [-0.1, -0.05) is 6.08 Å². The van der Waals surface area contributed by atoms with Crippen LogP contribution < -0.4 is 5.32 Å². The van der Waals surface area contributed by atoms with Crippen LogP contribution in [-0.4, -0.2) is 40.0 Å². The van der Waals surface area contributed by atoms with Crippen molar-refractivity contribution in [3.8, 4) is 0 Å². The smallest absolute Gasteiger partial charge is 0.0591 e. The Kier molecular flexibility index (Phi) is 11.3. The van der Waals surface area contributed by atoms with Crippen LogP contribution >= 0.6 is 0 Å². The molecule has 0 aliphatic heterocycles. The first-order valence-corrected chi connectivity index (χ1v) is 4.80. The molecular formula is C10H21NO2. The summed E-state index contributed by atoms with van der Waals surface area (Å²) in [6.07, 6.45) is 3.86. The van der Waals surface area contributed by atoms with Crippen molar-refractivity contribution in [2.75, 3.05) is 40.0 Å². The Balaban J connectivity index is 2.79. The average Bonchev–Trinajstić information content (AvgIpc) is 2.16. The molecule has 0 unspecified atom stereocenters. The molecule has 1 N–H and O–H groups in total. The number of nitrogens with one attached hydrogen (secondary N) is 1. The van der Waals surface area contributed by atoms with Gasteiger partial charge in [0.15, 0.2) is 0 Å². The summed E-state index contributed by atoms with van der Waals surface area (Å²) in [5.41, 5.74) is 0. The van der Waals surface area contributed by atoms with Gasteiger partial charge in [-0.3, -0.25) is 0 Å². The number of hydrogen-bond acceptors (Lipinski definition) is 3. The zero-order valence-electron chi connectivity index (χ0n) is 8.55. The maximum atomic E-state index is 5.32. The largest absolute Gasteiger partial charge is 0.385 e. The minimum atomic E-state index is 0.779. The van der Waals surface area contributed by atoms with E-state index in [1.165, 1.54) is 0 Å². The van der Waals surface area contributed by atoms with E-state index in [0.717, 1.165) is 45.8 Å². The second-order valence-electron chi connectivity index (χ2n) is 2.79. The molecule has 0 saturated heterocycles. The van der Waals surface area contributed by atoms with Crippen LogP contribution in [0.15, 0.2) is 12.7 Å². The fourth-order valence-corrected chi connectivity index (χ4v) is 0.880. The third-order valence-corrected chi connectivity index (χ3v) is 1.59. The minimum Gasteiger partial charge on any atom is -0.385 e. The van der Waals surface area contributed by atoms with E-state index in [2.05, 4.69) is 11.9 Å². The van der Waals surface area contributed by atoms with E-state index in [1.54, 1.807) is 7.11 Å². The monoisotopic (exact) mass is 187 g/mol. The maximum Gasteiger partial charge on any atom is 0.0591 e. The first-order valence-electron chi connectivity index (χ1n) is 4.80. The fraction of sp³-hybridized carbons (Fsp3) is 0.800. The Hall–Kier alpha value is -0.380. The molecule has 0 spiro atoms. The van der Waals surface area contributed by atoms with E-state index in [1.807, 2.05) is 6.08 Å². The molecule has 0 fully saturated rings. The molecular weight excluding hydrogens is 166 g/mol. The zero-order chi connectivity index (χ0) is 9.78. The van der Waals surface area contributed by atoms with Crippen LogP contribution in [0.25, 0.3) is 0 Å². The second kappa shape index (κ2) is 11.6. The molecule has 0 aromatic rings. The number of ether oxygens (including phenoxy) is 2. The normalized spacial score (nSPS) is 10.2. The summed E-state index contributed by atoms with van der Waals surface area (Å²) >= 11 is 0. The molecule has 0 bridgehead atoms. The van der Waals surface area contributed by atoms with Gasteiger partial charge in [0.25, 0.3) is 0 Å². The summed E-state index contributed by atoms with van der Waals surface area (Å²) in [6, 6.07) is 0. The predicted octanol–water partition coefficient (Wildman–Crippen LogP) is 1.21. The van der Waals surface area contributed by atoms with Crippen LogP contribution in [0, 0.1) is 0 Å². The van der Waals surface area contributed by atoms with E-state index in [0.29, 0.717) is 0 Å². The summed E-state index contributed by atoms with van der Waals surface area (Å²) in [4.78, 5) is 0. The SMILES string of the molecule is C=CCCOCCNCCCOC. The molecule has 0 aromatic heterocycles. The highest BCUT2D eigenvalue weighted by molar-refractivity contribution is 4.64. The Morgan fingerprint density at radius 3 is 2.77 bits per heavy atom. The lowest BCUT2D eigenvalue weighted by Gasteiger charge is -2.04. The van der Waals surface area contributed by atoms with Crippen molar-refractivity contribution in [2.24, 2.45) is 0 Å². The van der Waals surface area contributed by atoms with Crippen LogP contribution in [0.4, 0.5) is 0 Å². The van der Waals surface area contributed by atoms with Crippen LogP contribution in [0.2, 0.25) is 0 Å². The van der Waals surface area contributed by atoms with Crippen molar-refractivity contribution in [3.63, 3.8) is 0 Å².